The number of carbonyl (C=O) groups excluding carboxylic acids is 2. The summed E-state index contributed by atoms with van der Waals surface area (Å²) in [5, 5.41) is 2.96. The summed E-state index contributed by atoms with van der Waals surface area (Å²) >= 11 is 0. The topological polar surface area (TPSA) is 71.5 Å². The highest BCUT2D eigenvalue weighted by atomic mass is 16.5. The summed E-state index contributed by atoms with van der Waals surface area (Å²) in [6.45, 7) is 1.80. The van der Waals surface area contributed by atoms with Gasteiger partial charge in [0.1, 0.15) is 6.10 Å². The third kappa shape index (κ3) is 4.94. The molecule has 1 saturated carbocycles. The van der Waals surface area contributed by atoms with Crippen LogP contribution in [0.3, 0.4) is 0 Å². The monoisotopic (exact) mass is 393 g/mol. The van der Waals surface area contributed by atoms with Gasteiger partial charge in [-0.2, -0.15) is 0 Å². The molecule has 2 amide bonds. The van der Waals surface area contributed by atoms with Crippen molar-refractivity contribution >= 4 is 11.8 Å². The average Bonchev–Trinajstić information content (AvgIpc) is 3.40. The van der Waals surface area contributed by atoms with E-state index in [2.05, 4.69) is 10.3 Å². The molecule has 2 heterocycles. The molecule has 1 saturated heterocycles. The van der Waals surface area contributed by atoms with Crippen molar-refractivity contribution in [3.05, 3.63) is 59.3 Å². The Bertz CT molecular complexity index is 860. The van der Waals surface area contributed by atoms with Crippen molar-refractivity contribution in [3.63, 3.8) is 0 Å². The molecule has 29 heavy (non-hydrogen) atoms. The van der Waals surface area contributed by atoms with E-state index in [1.165, 1.54) is 12.8 Å². The number of hydrogen-bond donors (Lipinski definition) is 1. The van der Waals surface area contributed by atoms with E-state index in [0.29, 0.717) is 31.0 Å². The average molecular weight is 393 g/mol. The quantitative estimate of drug-likeness (QED) is 0.782. The Morgan fingerprint density at radius 1 is 1.14 bits per heavy atom. The minimum atomic E-state index is -0.135. The van der Waals surface area contributed by atoms with Gasteiger partial charge in [-0.05, 0) is 55.9 Å². The van der Waals surface area contributed by atoms with Crippen molar-refractivity contribution in [3.8, 4) is 5.88 Å². The third-order valence-electron chi connectivity index (χ3n) is 5.63. The van der Waals surface area contributed by atoms with Crippen LogP contribution in [0.5, 0.6) is 5.88 Å². The van der Waals surface area contributed by atoms with Crippen molar-refractivity contribution < 1.29 is 14.3 Å². The molecule has 0 spiro atoms. The summed E-state index contributed by atoms with van der Waals surface area (Å²) in [6, 6.07) is 11.2. The van der Waals surface area contributed by atoms with Gasteiger partial charge in [0.25, 0.3) is 5.91 Å². The smallest absolute Gasteiger partial charge is 0.251 e. The first-order valence-corrected chi connectivity index (χ1v) is 10.4. The molecule has 0 atom stereocenters. The SMILES string of the molecule is O=C(NCc1cccnc1OC1CCCC1)c1ccc(CN2CCCC2=O)cc1. The first-order chi connectivity index (χ1) is 14.2. The zero-order valence-electron chi connectivity index (χ0n) is 16.6. The molecule has 6 heteroatoms. The first-order valence-electron chi connectivity index (χ1n) is 10.4. The Kier molecular flexibility index (Phi) is 6.08. The lowest BCUT2D eigenvalue weighted by molar-refractivity contribution is -0.128. The fourth-order valence-corrected chi connectivity index (χ4v) is 3.96. The summed E-state index contributed by atoms with van der Waals surface area (Å²) in [7, 11) is 0. The largest absolute Gasteiger partial charge is 0.474 e. The first kappa shape index (κ1) is 19.4. The summed E-state index contributed by atoms with van der Waals surface area (Å²) in [4.78, 5) is 30.5. The van der Waals surface area contributed by atoms with Gasteiger partial charge in [-0.25, -0.2) is 4.98 Å². The van der Waals surface area contributed by atoms with Gasteiger partial charge in [-0.1, -0.05) is 18.2 Å². The summed E-state index contributed by atoms with van der Waals surface area (Å²) in [6.07, 6.45) is 8.06. The molecule has 0 radical (unpaired) electrons. The Balaban J connectivity index is 1.33. The standard InChI is InChI=1S/C23H27N3O3/c27-21-8-4-14-26(21)16-17-9-11-18(12-10-17)22(28)25-15-19-5-3-13-24-23(19)29-20-6-1-2-7-20/h3,5,9-13,20H,1-2,4,6-8,14-16H2,(H,25,28). The van der Waals surface area contributed by atoms with E-state index in [9.17, 15) is 9.59 Å². The van der Waals surface area contributed by atoms with E-state index >= 15 is 0 Å². The van der Waals surface area contributed by atoms with Gasteiger partial charge < -0.3 is 15.0 Å². The van der Waals surface area contributed by atoms with Gasteiger partial charge in [-0.3, -0.25) is 9.59 Å². The number of amides is 2. The molecule has 0 bridgehead atoms. The van der Waals surface area contributed by atoms with E-state index < -0.39 is 0 Å². The van der Waals surface area contributed by atoms with E-state index in [1.54, 1.807) is 6.20 Å². The molecule has 1 N–H and O–H groups in total. The number of hydrogen-bond acceptors (Lipinski definition) is 4. The van der Waals surface area contributed by atoms with Gasteiger partial charge in [0.05, 0.1) is 0 Å². The second-order valence-corrected chi connectivity index (χ2v) is 7.79. The summed E-state index contributed by atoms with van der Waals surface area (Å²) < 4.78 is 6.04. The molecule has 2 aliphatic rings. The normalized spacial score (nSPS) is 17.0. The fourth-order valence-electron chi connectivity index (χ4n) is 3.96. The maximum Gasteiger partial charge on any atom is 0.251 e. The van der Waals surface area contributed by atoms with E-state index in [4.69, 9.17) is 4.74 Å². The highest BCUT2D eigenvalue weighted by Crippen LogP contribution is 2.25. The number of nitrogens with zero attached hydrogens (tertiary/aromatic N) is 2. The van der Waals surface area contributed by atoms with Crippen LogP contribution in [0.2, 0.25) is 0 Å². The molecule has 6 nitrogen and oxygen atoms in total. The fraction of sp³-hybridized carbons (Fsp3) is 0.435. The van der Waals surface area contributed by atoms with Crippen molar-refractivity contribution in [2.45, 2.75) is 57.7 Å². The molecule has 2 fully saturated rings. The number of ether oxygens (including phenoxy) is 1. The van der Waals surface area contributed by atoms with Crippen LogP contribution >= 0.6 is 0 Å². The highest BCUT2D eigenvalue weighted by molar-refractivity contribution is 5.94. The number of likely N-dealkylation sites (tertiary alicyclic amines) is 1. The second kappa shape index (κ2) is 9.07. The number of pyridine rings is 1. The van der Waals surface area contributed by atoms with E-state index in [-0.39, 0.29) is 17.9 Å². The van der Waals surface area contributed by atoms with Crippen molar-refractivity contribution in [2.75, 3.05) is 6.54 Å². The predicted octanol–water partition coefficient (Wildman–Crippen LogP) is 3.46. The van der Waals surface area contributed by atoms with E-state index in [1.807, 2.05) is 41.3 Å². The number of aromatic nitrogens is 1. The van der Waals surface area contributed by atoms with Crippen LogP contribution in [0.4, 0.5) is 0 Å². The number of carbonyl (C=O) groups is 2. The Hall–Kier alpha value is -2.89. The Labute approximate surface area is 171 Å². The zero-order chi connectivity index (χ0) is 20.1. The van der Waals surface area contributed by atoms with Crippen molar-refractivity contribution in [1.29, 1.82) is 0 Å². The maximum absolute atomic E-state index is 12.5. The third-order valence-corrected chi connectivity index (χ3v) is 5.63. The molecule has 4 rings (SSSR count). The minimum Gasteiger partial charge on any atom is -0.474 e. The van der Waals surface area contributed by atoms with Crippen LogP contribution in [0.25, 0.3) is 0 Å². The van der Waals surface area contributed by atoms with Crippen LogP contribution in [-0.2, 0) is 17.9 Å². The predicted molar refractivity (Wildman–Crippen MR) is 109 cm³/mol. The van der Waals surface area contributed by atoms with Crippen LogP contribution in [-0.4, -0.2) is 34.3 Å². The van der Waals surface area contributed by atoms with Gasteiger partial charge in [0, 0.05) is 43.4 Å². The van der Waals surface area contributed by atoms with Gasteiger partial charge in [0.2, 0.25) is 11.8 Å². The molecular weight excluding hydrogens is 366 g/mol. The Morgan fingerprint density at radius 3 is 2.66 bits per heavy atom. The number of nitrogens with one attached hydrogen (secondary N) is 1. The highest BCUT2D eigenvalue weighted by Gasteiger charge is 2.20. The number of benzene rings is 1. The Morgan fingerprint density at radius 2 is 1.93 bits per heavy atom. The zero-order valence-corrected chi connectivity index (χ0v) is 16.6. The van der Waals surface area contributed by atoms with Crippen LogP contribution < -0.4 is 10.1 Å². The lowest BCUT2D eigenvalue weighted by Gasteiger charge is -2.16. The molecule has 0 unspecified atom stereocenters. The molecular formula is C23H27N3O3. The summed E-state index contributed by atoms with van der Waals surface area (Å²) in [5.41, 5.74) is 2.52. The molecule has 1 aliphatic carbocycles. The maximum atomic E-state index is 12.5. The van der Waals surface area contributed by atoms with Crippen LogP contribution in [0.1, 0.15) is 60.0 Å². The molecule has 152 valence electrons. The van der Waals surface area contributed by atoms with Gasteiger partial charge in [-0.15, -0.1) is 0 Å². The molecule has 2 aromatic rings. The van der Waals surface area contributed by atoms with Crippen LogP contribution in [0.15, 0.2) is 42.6 Å². The summed E-state index contributed by atoms with van der Waals surface area (Å²) in [5.74, 6) is 0.689. The second-order valence-electron chi connectivity index (χ2n) is 7.79. The number of rotatable bonds is 7. The molecule has 1 aromatic heterocycles. The molecule has 1 aliphatic heterocycles. The van der Waals surface area contributed by atoms with Crippen molar-refractivity contribution in [1.82, 2.24) is 15.2 Å². The molecule has 1 aromatic carbocycles. The minimum absolute atomic E-state index is 0.135. The van der Waals surface area contributed by atoms with E-state index in [0.717, 1.165) is 36.9 Å². The van der Waals surface area contributed by atoms with Gasteiger partial charge in [0.15, 0.2) is 0 Å². The van der Waals surface area contributed by atoms with Gasteiger partial charge >= 0.3 is 0 Å². The lowest BCUT2D eigenvalue weighted by atomic mass is 10.1. The lowest BCUT2D eigenvalue weighted by Crippen LogP contribution is -2.25. The van der Waals surface area contributed by atoms with Crippen LogP contribution in [0, 0.1) is 0 Å². The van der Waals surface area contributed by atoms with Crippen molar-refractivity contribution in [2.24, 2.45) is 0 Å².